The van der Waals surface area contributed by atoms with Gasteiger partial charge in [0, 0.05) is 9.85 Å². The molecule has 1 N–H and O–H groups in total. The largest absolute Gasteiger partial charge is 0.454 e. The highest BCUT2D eigenvalue weighted by Gasteiger charge is 2.63. The molecule has 0 aliphatic carbocycles. The summed E-state index contributed by atoms with van der Waals surface area (Å²) in [4.78, 5) is 23.5. The highest BCUT2D eigenvalue weighted by atomic mass is 16.7. The van der Waals surface area contributed by atoms with E-state index in [1.54, 1.807) is 50.2 Å². The molecule has 1 saturated heterocycles. The number of nitro groups is 2. The third kappa shape index (κ3) is 3.08. The van der Waals surface area contributed by atoms with Crippen LogP contribution in [0.25, 0.3) is 0 Å². The van der Waals surface area contributed by atoms with Crippen molar-refractivity contribution in [3.8, 4) is 23.0 Å². The van der Waals surface area contributed by atoms with Crippen LogP contribution in [0.2, 0.25) is 0 Å². The van der Waals surface area contributed by atoms with Gasteiger partial charge in [-0.1, -0.05) is 12.1 Å². The zero-order valence-corrected chi connectivity index (χ0v) is 17.3. The molecule has 3 aliphatic rings. The molecule has 11 heteroatoms. The number of fused-ring (bicyclic) bond motifs is 2. The average molecular weight is 443 g/mol. The molecule has 3 heterocycles. The van der Waals surface area contributed by atoms with Crippen molar-refractivity contribution in [1.82, 2.24) is 5.32 Å². The van der Waals surface area contributed by atoms with Gasteiger partial charge in [-0.05, 0) is 49.2 Å². The summed E-state index contributed by atoms with van der Waals surface area (Å²) in [7, 11) is 0. The highest BCUT2D eigenvalue weighted by Crippen LogP contribution is 2.49. The van der Waals surface area contributed by atoms with E-state index in [-0.39, 0.29) is 13.6 Å². The van der Waals surface area contributed by atoms with Crippen LogP contribution in [0.15, 0.2) is 36.4 Å². The molecule has 0 saturated carbocycles. The maximum atomic E-state index is 12.2. The fourth-order valence-electron chi connectivity index (χ4n) is 4.97. The number of hydrogen-bond donors (Lipinski definition) is 1. The Labute approximate surface area is 182 Å². The van der Waals surface area contributed by atoms with Crippen LogP contribution in [0.4, 0.5) is 0 Å². The first kappa shape index (κ1) is 20.3. The molecule has 2 aromatic rings. The van der Waals surface area contributed by atoms with Crippen molar-refractivity contribution >= 4 is 0 Å². The minimum atomic E-state index is -1.29. The Balaban J connectivity index is 1.62. The monoisotopic (exact) mass is 443 g/mol. The van der Waals surface area contributed by atoms with Crippen molar-refractivity contribution in [1.29, 1.82) is 0 Å². The van der Waals surface area contributed by atoms with Gasteiger partial charge in [-0.15, -0.1) is 0 Å². The number of ether oxygens (including phenoxy) is 4. The molecule has 5 rings (SSSR count). The number of rotatable bonds is 4. The van der Waals surface area contributed by atoms with Crippen LogP contribution in [0, 0.1) is 25.6 Å². The first-order chi connectivity index (χ1) is 15.3. The van der Waals surface area contributed by atoms with Crippen molar-refractivity contribution in [2.75, 3.05) is 13.6 Å². The quantitative estimate of drug-likeness (QED) is 0.559. The number of benzene rings is 2. The molecule has 3 aliphatic heterocycles. The Hall–Kier alpha value is -3.60. The fraction of sp³-hybridized carbons (Fsp3) is 0.429. The van der Waals surface area contributed by atoms with Crippen molar-refractivity contribution in [2.45, 2.75) is 38.0 Å². The summed E-state index contributed by atoms with van der Waals surface area (Å²) >= 11 is 0. The van der Waals surface area contributed by atoms with Crippen LogP contribution < -0.4 is 24.3 Å². The van der Waals surface area contributed by atoms with Crippen molar-refractivity contribution < 1.29 is 28.8 Å². The lowest BCUT2D eigenvalue weighted by Crippen LogP contribution is -2.63. The van der Waals surface area contributed by atoms with Gasteiger partial charge < -0.3 is 18.9 Å². The van der Waals surface area contributed by atoms with Gasteiger partial charge in [0.1, 0.15) is 17.5 Å². The van der Waals surface area contributed by atoms with Crippen LogP contribution in [0.5, 0.6) is 23.0 Å². The third-order valence-electron chi connectivity index (χ3n) is 6.48. The maximum absolute atomic E-state index is 12.2. The van der Waals surface area contributed by atoms with Gasteiger partial charge in [-0.25, -0.2) is 0 Å². The van der Waals surface area contributed by atoms with E-state index in [0.717, 1.165) is 0 Å². The summed E-state index contributed by atoms with van der Waals surface area (Å²) in [6, 6.07) is 6.08. The predicted molar refractivity (Wildman–Crippen MR) is 109 cm³/mol. The molecular formula is C21H21N3O8. The molecular weight excluding hydrogens is 422 g/mol. The maximum Gasteiger partial charge on any atom is 0.243 e. The van der Waals surface area contributed by atoms with Crippen LogP contribution in [0.1, 0.15) is 37.1 Å². The lowest BCUT2D eigenvalue weighted by molar-refractivity contribution is -0.605. The molecule has 11 nitrogen and oxygen atoms in total. The molecule has 0 bridgehead atoms. The summed E-state index contributed by atoms with van der Waals surface area (Å²) in [6.07, 6.45) is 0. The third-order valence-corrected chi connectivity index (χ3v) is 6.48. The van der Waals surface area contributed by atoms with Gasteiger partial charge in [-0.2, -0.15) is 0 Å². The van der Waals surface area contributed by atoms with Gasteiger partial charge in [0.05, 0.1) is 0 Å². The minimum Gasteiger partial charge on any atom is -0.454 e. The van der Waals surface area contributed by atoms with Crippen molar-refractivity contribution in [3.05, 3.63) is 67.8 Å². The van der Waals surface area contributed by atoms with Gasteiger partial charge in [0.15, 0.2) is 23.0 Å². The first-order valence-electron chi connectivity index (χ1n) is 10.1. The molecule has 2 aromatic carbocycles. The second-order valence-electron chi connectivity index (χ2n) is 8.63. The number of nitrogens with one attached hydrogen (secondary N) is 1. The standard InChI is InChI=1S/C21H21N3O8/c1-21(2)19(23(25)26)17(11-3-5-13-15(7-11)31-9-29-13)22-18(20(21)24(27)28)12-4-6-14-16(8-12)32-10-30-14/h3-8,17-20,22H,9-10H2,1-2H3/t17-,18-,19+,20+/m1/s1. The molecule has 0 spiro atoms. The zero-order valence-electron chi connectivity index (χ0n) is 17.3. The molecule has 0 unspecified atom stereocenters. The van der Waals surface area contributed by atoms with E-state index in [1.165, 1.54) is 0 Å². The molecule has 1 fully saturated rings. The average Bonchev–Trinajstić information content (AvgIpc) is 3.39. The Morgan fingerprint density at radius 1 is 0.781 bits per heavy atom. The van der Waals surface area contributed by atoms with E-state index in [4.69, 9.17) is 18.9 Å². The van der Waals surface area contributed by atoms with E-state index >= 15 is 0 Å². The summed E-state index contributed by atoms with van der Waals surface area (Å²) in [5.41, 5.74) is -0.103. The van der Waals surface area contributed by atoms with Crippen molar-refractivity contribution in [2.24, 2.45) is 5.41 Å². The normalized spacial score (nSPS) is 27.2. The van der Waals surface area contributed by atoms with Gasteiger partial charge in [-0.3, -0.25) is 25.5 Å². The Morgan fingerprint density at radius 3 is 1.59 bits per heavy atom. The number of piperidine rings is 1. The first-order valence-corrected chi connectivity index (χ1v) is 10.1. The molecule has 4 atom stereocenters. The van der Waals surface area contributed by atoms with Crippen LogP contribution in [0.3, 0.4) is 0 Å². The molecule has 32 heavy (non-hydrogen) atoms. The van der Waals surface area contributed by atoms with E-state index in [0.29, 0.717) is 34.1 Å². The molecule has 168 valence electrons. The van der Waals surface area contributed by atoms with Crippen LogP contribution in [-0.4, -0.2) is 35.5 Å². The highest BCUT2D eigenvalue weighted by molar-refractivity contribution is 5.47. The number of hydrogen-bond acceptors (Lipinski definition) is 9. The van der Waals surface area contributed by atoms with E-state index in [9.17, 15) is 20.2 Å². The Morgan fingerprint density at radius 2 is 1.19 bits per heavy atom. The lowest BCUT2D eigenvalue weighted by atomic mass is 9.66. The summed E-state index contributed by atoms with van der Waals surface area (Å²) in [6.45, 7) is 3.30. The van der Waals surface area contributed by atoms with Gasteiger partial charge in [0.25, 0.3) is 0 Å². The summed E-state index contributed by atoms with van der Waals surface area (Å²) in [5.74, 6) is 2.08. The molecule has 0 amide bonds. The summed E-state index contributed by atoms with van der Waals surface area (Å²) < 4.78 is 21.6. The topological polar surface area (TPSA) is 135 Å². The fourth-order valence-corrected chi connectivity index (χ4v) is 4.97. The second-order valence-corrected chi connectivity index (χ2v) is 8.63. The zero-order chi connectivity index (χ0) is 22.6. The second kappa shape index (κ2) is 7.23. The van der Waals surface area contributed by atoms with Crippen LogP contribution >= 0.6 is 0 Å². The van der Waals surface area contributed by atoms with Crippen LogP contribution in [-0.2, 0) is 0 Å². The smallest absolute Gasteiger partial charge is 0.243 e. The van der Waals surface area contributed by atoms with Gasteiger partial charge in [0.2, 0.25) is 25.7 Å². The van der Waals surface area contributed by atoms with E-state index in [2.05, 4.69) is 5.32 Å². The van der Waals surface area contributed by atoms with E-state index < -0.39 is 39.4 Å². The van der Waals surface area contributed by atoms with E-state index in [1.807, 2.05) is 0 Å². The molecule has 0 radical (unpaired) electrons. The number of nitrogens with zero attached hydrogens (tertiary/aromatic N) is 2. The molecule has 0 aromatic heterocycles. The van der Waals surface area contributed by atoms with Crippen molar-refractivity contribution in [3.63, 3.8) is 0 Å². The Kier molecular flexibility index (Phi) is 4.59. The minimum absolute atomic E-state index is 0.0737. The summed E-state index contributed by atoms with van der Waals surface area (Å²) in [5, 5.41) is 27.6. The lowest BCUT2D eigenvalue weighted by Gasteiger charge is -2.44. The Bertz CT molecular complexity index is 1020. The predicted octanol–water partition coefficient (Wildman–Crippen LogP) is 2.85. The SMILES string of the molecule is CC1(C)[C@@H]([N+](=O)[O-])[C@@H](c2ccc3c(c2)OCO3)N[C@H](c2ccc3c(c2)OCO3)[C@@H]1[N+](=O)[O-]. The van der Waals surface area contributed by atoms with Gasteiger partial charge >= 0.3 is 0 Å².